The van der Waals surface area contributed by atoms with Crippen LogP contribution in [0.1, 0.15) is 0 Å². The first-order valence-electron chi connectivity index (χ1n) is 8.07. The van der Waals surface area contributed by atoms with Gasteiger partial charge in [-0.3, -0.25) is 4.79 Å². The average Bonchev–Trinajstić information content (AvgIpc) is 3.16. The van der Waals surface area contributed by atoms with E-state index in [1.165, 1.54) is 12.1 Å². The molecule has 2 aromatic rings. The molecule has 0 atom stereocenters. The van der Waals surface area contributed by atoms with E-state index in [0.717, 1.165) is 5.13 Å². The molecular weight excluding hydrogens is 361 g/mol. The second kappa shape index (κ2) is 6.79. The van der Waals surface area contributed by atoms with Gasteiger partial charge in [0, 0.05) is 49.5 Å². The van der Waals surface area contributed by atoms with Gasteiger partial charge in [0.25, 0.3) is 5.91 Å². The number of hydrogen-bond donors (Lipinski definition) is 2. The van der Waals surface area contributed by atoms with Gasteiger partial charge in [0.1, 0.15) is 0 Å². The molecule has 1 fully saturated rings. The third-order valence-electron chi connectivity index (χ3n) is 4.17. The highest BCUT2D eigenvalue weighted by Crippen LogP contribution is 2.34. The Balaban J connectivity index is 1.40. The molecule has 4 rings (SSSR count). The third-order valence-corrected chi connectivity index (χ3v) is 5.01. The van der Waals surface area contributed by atoms with Gasteiger partial charge in [-0.2, -0.15) is 0 Å². The largest absolute Gasteiger partial charge is 0.478 e. The Morgan fingerprint density at radius 1 is 1.31 bits per heavy atom. The van der Waals surface area contributed by atoms with Crippen molar-refractivity contribution in [2.75, 3.05) is 48.3 Å². The summed E-state index contributed by atoms with van der Waals surface area (Å²) in [5.41, 5.74) is 0.476. The molecule has 26 heavy (non-hydrogen) atoms. The van der Waals surface area contributed by atoms with Crippen molar-refractivity contribution in [3.8, 4) is 5.75 Å². The van der Waals surface area contributed by atoms with E-state index in [1.807, 2.05) is 5.38 Å². The van der Waals surface area contributed by atoms with Gasteiger partial charge < -0.3 is 25.2 Å². The maximum absolute atomic E-state index is 14.1. The molecule has 136 valence electrons. The molecule has 1 aromatic heterocycles. The smallest absolute Gasteiger partial charge is 0.321 e. The summed E-state index contributed by atoms with van der Waals surface area (Å²) in [7, 11) is 0. The number of piperazine rings is 1. The van der Waals surface area contributed by atoms with Gasteiger partial charge in [-0.15, -0.1) is 11.3 Å². The Morgan fingerprint density at radius 2 is 2.12 bits per heavy atom. The van der Waals surface area contributed by atoms with Crippen molar-refractivity contribution in [2.24, 2.45) is 0 Å². The number of fused-ring (bicyclic) bond motifs is 1. The number of thiazole rings is 1. The number of urea groups is 1. The molecule has 0 aliphatic carbocycles. The van der Waals surface area contributed by atoms with E-state index < -0.39 is 5.82 Å². The Bertz CT molecular complexity index is 837. The fourth-order valence-electron chi connectivity index (χ4n) is 2.90. The maximum Gasteiger partial charge on any atom is 0.321 e. The Kier molecular flexibility index (Phi) is 4.33. The normalized spacial score (nSPS) is 16.6. The molecule has 8 nitrogen and oxygen atoms in total. The average molecular weight is 377 g/mol. The minimum Gasteiger partial charge on any atom is -0.478 e. The van der Waals surface area contributed by atoms with E-state index in [-0.39, 0.29) is 35.7 Å². The zero-order chi connectivity index (χ0) is 18.1. The molecule has 1 saturated heterocycles. The molecular formula is C16H16FN5O3S. The van der Waals surface area contributed by atoms with Crippen LogP contribution >= 0.6 is 11.3 Å². The van der Waals surface area contributed by atoms with Crippen LogP contribution in [0, 0.1) is 5.82 Å². The highest BCUT2D eigenvalue weighted by molar-refractivity contribution is 7.13. The molecule has 0 bridgehead atoms. The minimum absolute atomic E-state index is 0.0142. The summed E-state index contributed by atoms with van der Waals surface area (Å²) in [5.74, 6) is -1.01. The van der Waals surface area contributed by atoms with E-state index in [0.29, 0.717) is 26.2 Å². The quantitative estimate of drug-likeness (QED) is 0.836. The van der Waals surface area contributed by atoms with Crippen molar-refractivity contribution < 1.29 is 18.7 Å². The van der Waals surface area contributed by atoms with Crippen LogP contribution < -0.4 is 20.3 Å². The van der Waals surface area contributed by atoms with Crippen molar-refractivity contribution in [1.29, 1.82) is 0 Å². The highest BCUT2D eigenvalue weighted by atomic mass is 32.1. The first-order chi connectivity index (χ1) is 12.6. The van der Waals surface area contributed by atoms with Crippen LogP contribution in [0.25, 0.3) is 0 Å². The molecule has 1 aromatic carbocycles. The van der Waals surface area contributed by atoms with Crippen LogP contribution in [0.15, 0.2) is 23.7 Å². The molecule has 0 spiro atoms. The van der Waals surface area contributed by atoms with Crippen LogP contribution in [0.3, 0.4) is 0 Å². The predicted molar refractivity (Wildman–Crippen MR) is 95.4 cm³/mol. The van der Waals surface area contributed by atoms with Gasteiger partial charge in [0.05, 0.1) is 5.69 Å². The molecule has 2 aliphatic heterocycles. The van der Waals surface area contributed by atoms with Gasteiger partial charge in [-0.05, 0) is 6.07 Å². The van der Waals surface area contributed by atoms with E-state index in [2.05, 4.69) is 20.5 Å². The van der Waals surface area contributed by atoms with Crippen LogP contribution in [0.5, 0.6) is 5.75 Å². The van der Waals surface area contributed by atoms with Gasteiger partial charge in [-0.25, -0.2) is 14.2 Å². The molecule has 10 heteroatoms. The van der Waals surface area contributed by atoms with E-state index in [9.17, 15) is 14.0 Å². The lowest BCUT2D eigenvalue weighted by atomic mass is 10.2. The van der Waals surface area contributed by atoms with E-state index >= 15 is 0 Å². The number of nitrogens with one attached hydrogen (secondary N) is 2. The number of halogens is 1. The Morgan fingerprint density at radius 3 is 2.85 bits per heavy atom. The number of nitrogens with zero attached hydrogens (tertiary/aromatic N) is 3. The van der Waals surface area contributed by atoms with Crippen molar-refractivity contribution >= 4 is 39.8 Å². The zero-order valence-electron chi connectivity index (χ0n) is 13.7. The monoisotopic (exact) mass is 377 g/mol. The number of amides is 3. The summed E-state index contributed by atoms with van der Waals surface area (Å²) < 4.78 is 19.2. The number of rotatable bonds is 2. The zero-order valence-corrected chi connectivity index (χ0v) is 14.5. The number of hydrogen-bond acceptors (Lipinski definition) is 6. The lowest BCUT2D eigenvalue weighted by molar-refractivity contribution is -0.118. The van der Waals surface area contributed by atoms with Gasteiger partial charge in [-0.1, -0.05) is 0 Å². The summed E-state index contributed by atoms with van der Waals surface area (Å²) in [4.78, 5) is 31.9. The molecule has 0 saturated carbocycles. The topological polar surface area (TPSA) is 86.8 Å². The molecule has 0 unspecified atom stereocenters. The molecule has 2 aliphatic rings. The second-order valence-corrected chi connectivity index (χ2v) is 6.76. The number of aromatic nitrogens is 1. The fraction of sp³-hybridized carbons (Fsp3) is 0.312. The van der Waals surface area contributed by atoms with E-state index in [1.54, 1.807) is 22.4 Å². The van der Waals surface area contributed by atoms with Gasteiger partial charge in [0.2, 0.25) is 0 Å². The number of carbonyl (C=O) groups excluding carboxylic acids is 2. The van der Waals surface area contributed by atoms with Crippen molar-refractivity contribution in [3.63, 3.8) is 0 Å². The van der Waals surface area contributed by atoms with Crippen molar-refractivity contribution in [1.82, 2.24) is 9.88 Å². The van der Waals surface area contributed by atoms with Crippen molar-refractivity contribution in [2.45, 2.75) is 0 Å². The molecule has 3 amide bonds. The van der Waals surface area contributed by atoms with E-state index in [4.69, 9.17) is 4.74 Å². The summed E-state index contributed by atoms with van der Waals surface area (Å²) >= 11 is 1.56. The van der Waals surface area contributed by atoms with Crippen LogP contribution in [-0.4, -0.2) is 54.6 Å². The van der Waals surface area contributed by atoms with Crippen LogP contribution in [0.4, 0.5) is 25.7 Å². The van der Waals surface area contributed by atoms with Gasteiger partial charge >= 0.3 is 6.03 Å². The maximum atomic E-state index is 14.1. The first-order valence-corrected chi connectivity index (χ1v) is 8.95. The summed E-state index contributed by atoms with van der Waals surface area (Å²) in [5, 5.41) is 8.07. The number of benzene rings is 1. The first kappa shape index (κ1) is 16.6. The number of carbonyl (C=O) groups is 2. The Hall–Kier alpha value is -2.88. The summed E-state index contributed by atoms with van der Waals surface area (Å²) in [6.07, 6.45) is 1.76. The minimum atomic E-state index is -0.633. The van der Waals surface area contributed by atoms with Gasteiger partial charge in [0.15, 0.2) is 23.3 Å². The van der Waals surface area contributed by atoms with Crippen LogP contribution in [0.2, 0.25) is 0 Å². The summed E-state index contributed by atoms with van der Waals surface area (Å²) in [6.45, 7) is 2.23. The third kappa shape index (κ3) is 3.27. The lowest BCUT2D eigenvalue weighted by Crippen LogP contribution is -2.50. The Labute approximate surface area is 152 Å². The molecule has 2 N–H and O–H groups in total. The van der Waals surface area contributed by atoms with Crippen LogP contribution in [-0.2, 0) is 4.79 Å². The predicted octanol–water partition coefficient (Wildman–Crippen LogP) is 1.97. The standard InChI is InChI=1S/C16H16FN5O3S/c17-11-7-10(8-12-14(11)25-9-13(23)20-12)19-15(24)21-2-4-22(5-3-21)16-18-1-6-26-16/h1,6-8H,2-5,9H2,(H,19,24)(H,20,23). The SMILES string of the molecule is O=C1COc2c(F)cc(NC(=O)N3CCN(c4nccs4)CC3)cc2N1. The second-order valence-electron chi connectivity index (χ2n) is 5.89. The molecule has 0 radical (unpaired) electrons. The fourth-order valence-corrected chi connectivity index (χ4v) is 3.60. The number of ether oxygens (including phenoxy) is 1. The number of anilines is 3. The molecule has 3 heterocycles. The lowest BCUT2D eigenvalue weighted by Gasteiger charge is -2.34. The highest BCUT2D eigenvalue weighted by Gasteiger charge is 2.24. The summed E-state index contributed by atoms with van der Waals surface area (Å²) in [6, 6.07) is 2.35. The van der Waals surface area contributed by atoms with Crippen molar-refractivity contribution in [3.05, 3.63) is 29.5 Å².